The van der Waals surface area contributed by atoms with E-state index in [0.29, 0.717) is 11.8 Å². The summed E-state index contributed by atoms with van der Waals surface area (Å²) in [5.74, 6) is 1.29. The summed E-state index contributed by atoms with van der Waals surface area (Å²) < 4.78 is 35.9. The van der Waals surface area contributed by atoms with E-state index in [1.165, 1.54) is 74.5 Å². The van der Waals surface area contributed by atoms with Crippen LogP contribution in [0.15, 0.2) is 4.90 Å². The predicted molar refractivity (Wildman–Crippen MR) is 123 cm³/mol. The van der Waals surface area contributed by atoms with Gasteiger partial charge in [-0.25, -0.2) is 0 Å². The van der Waals surface area contributed by atoms with Gasteiger partial charge in [0.15, 0.2) is 0 Å². The van der Waals surface area contributed by atoms with Gasteiger partial charge >= 0.3 is 0 Å². The van der Waals surface area contributed by atoms with Crippen LogP contribution in [0.1, 0.15) is 142 Å². The molecule has 1 N–H and O–H groups in total. The molecule has 30 heavy (non-hydrogen) atoms. The van der Waals surface area contributed by atoms with E-state index < -0.39 is 10.1 Å². The molecule has 1 aromatic carbocycles. The summed E-state index contributed by atoms with van der Waals surface area (Å²) in [6.07, 6.45) is 18.1. The normalized spacial score (nSPS) is 23.0. The van der Waals surface area contributed by atoms with E-state index in [2.05, 4.69) is 6.92 Å². The second kappa shape index (κ2) is 9.32. The van der Waals surface area contributed by atoms with Crippen LogP contribution in [0, 0.1) is 13.8 Å². The molecule has 0 amide bonds. The SMILES string of the molecule is Cc1c(C2CCCCC2)c(C2CCCCC2)c(C)c(S(=O)(=O)O)c1C1CCCCC1. The first kappa shape index (κ1) is 22.3. The van der Waals surface area contributed by atoms with Crippen molar-refractivity contribution >= 4 is 10.1 Å². The van der Waals surface area contributed by atoms with Crippen molar-refractivity contribution in [3.05, 3.63) is 27.8 Å². The van der Waals surface area contributed by atoms with E-state index in [9.17, 15) is 13.0 Å². The lowest BCUT2D eigenvalue weighted by molar-refractivity contribution is 0.408. The molecule has 0 bridgehead atoms. The van der Waals surface area contributed by atoms with Gasteiger partial charge in [-0.1, -0.05) is 57.8 Å². The Labute approximate surface area is 183 Å². The summed E-state index contributed by atoms with van der Waals surface area (Å²) in [5.41, 5.74) is 5.89. The summed E-state index contributed by atoms with van der Waals surface area (Å²) in [6, 6.07) is 0. The van der Waals surface area contributed by atoms with Crippen LogP contribution in [0.2, 0.25) is 0 Å². The molecule has 0 heterocycles. The molecule has 0 atom stereocenters. The van der Waals surface area contributed by atoms with Crippen LogP contribution in [0.5, 0.6) is 0 Å². The quantitative estimate of drug-likeness (QED) is 0.496. The van der Waals surface area contributed by atoms with E-state index in [1.54, 1.807) is 0 Å². The van der Waals surface area contributed by atoms with Crippen molar-refractivity contribution in [1.82, 2.24) is 0 Å². The number of hydrogen-bond donors (Lipinski definition) is 1. The summed E-state index contributed by atoms with van der Waals surface area (Å²) >= 11 is 0. The van der Waals surface area contributed by atoms with Gasteiger partial charge in [0, 0.05) is 0 Å². The first-order valence-electron chi connectivity index (χ1n) is 12.5. The smallest absolute Gasteiger partial charge is 0.282 e. The van der Waals surface area contributed by atoms with Crippen molar-refractivity contribution in [3.8, 4) is 0 Å². The van der Waals surface area contributed by atoms with Crippen molar-refractivity contribution in [2.45, 2.75) is 133 Å². The Morgan fingerprint density at radius 2 is 0.900 bits per heavy atom. The lowest BCUT2D eigenvalue weighted by Gasteiger charge is -2.36. The van der Waals surface area contributed by atoms with Crippen molar-refractivity contribution in [3.63, 3.8) is 0 Å². The summed E-state index contributed by atoms with van der Waals surface area (Å²) in [4.78, 5) is 0.284. The first-order chi connectivity index (χ1) is 14.4. The van der Waals surface area contributed by atoms with Gasteiger partial charge in [0.05, 0.1) is 0 Å². The van der Waals surface area contributed by atoms with Crippen LogP contribution in [-0.4, -0.2) is 13.0 Å². The highest BCUT2D eigenvalue weighted by Gasteiger charge is 2.35. The fourth-order valence-corrected chi connectivity index (χ4v) is 8.19. The van der Waals surface area contributed by atoms with Crippen molar-refractivity contribution in [2.24, 2.45) is 0 Å². The summed E-state index contributed by atoms with van der Waals surface area (Å²) in [5, 5.41) is 0. The van der Waals surface area contributed by atoms with Crippen LogP contribution in [-0.2, 0) is 10.1 Å². The fraction of sp³-hybridized carbons (Fsp3) is 0.769. The predicted octanol–water partition coefficient (Wildman–Crippen LogP) is 7.69. The van der Waals surface area contributed by atoms with Crippen LogP contribution in [0.4, 0.5) is 0 Å². The second-order valence-corrected chi connectivity index (χ2v) is 11.7. The highest BCUT2D eigenvalue weighted by Crippen LogP contribution is 2.49. The molecule has 4 heteroatoms. The zero-order valence-electron chi connectivity index (χ0n) is 19.0. The van der Waals surface area contributed by atoms with Gasteiger partial charge in [0.2, 0.25) is 0 Å². The summed E-state index contributed by atoms with van der Waals surface area (Å²) in [7, 11) is -4.24. The van der Waals surface area contributed by atoms with Crippen molar-refractivity contribution in [2.75, 3.05) is 0 Å². The third-order valence-electron chi connectivity index (χ3n) is 8.39. The average Bonchev–Trinajstić information content (AvgIpc) is 2.75. The Hall–Kier alpha value is -0.870. The third kappa shape index (κ3) is 4.37. The molecule has 3 aliphatic carbocycles. The van der Waals surface area contributed by atoms with E-state index in [0.717, 1.165) is 49.7 Å². The Morgan fingerprint density at radius 1 is 0.567 bits per heavy atom. The molecular formula is C26H40O3S. The lowest BCUT2D eigenvalue weighted by atomic mass is 9.70. The molecule has 0 saturated heterocycles. The third-order valence-corrected chi connectivity index (χ3v) is 9.43. The highest BCUT2D eigenvalue weighted by molar-refractivity contribution is 7.86. The molecule has 3 nitrogen and oxygen atoms in total. The zero-order chi connectivity index (χ0) is 21.3. The van der Waals surface area contributed by atoms with E-state index >= 15 is 0 Å². The van der Waals surface area contributed by atoms with Gasteiger partial charge in [0.25, 0.3) is 10.1 Å². The minimum Gasteiger partial charge on any atom is -0.282 e. The van der Waals surface area contributed by atoms with Gasteiger partial charge in [-0.3, -0.25) is 4.55 Å². The molecular weight excluding hydrogens is 392 g/mol. The zero-order valence-corrected chi connectivity index (χ0v) is 19.8. The Kier molecular flexibility index (Phi) is 6.94. The monoisotopic (exact) mass is 432 g/mol. The Morgan fingerprint density at radius 3 is 1.27 bits per heavy atom. The van der Waals surface area contributed by atoms with Gasteiger partial charge in [-0.15, -0.1) is 0 Å². The molecule has 3 saturated carbocycles. The molecule has 3 aliphatic rings. The minimum absolute atomic E-state index is 0.275. The topological polar surface area (TPSA) is 54.4 Å². The first-order valence-corrected chi connectivity index (χ1v) is 14.0. The van der Waals surface area contributed by atoms with E-state index in [4.69, 9.17) is 0 Å². The van der Waals surface area contributed by atoms with Crippen LogP contribution in [0.25, 0.3) is 0 Å². The average molecular weight is 433 g/mol. The maximum Gasteiger partial charge on any atom is 0.295 e. The van der Waals surface area contributed by atoms with Crippen molar-refractivity contribution in [1.29, 1.82) is 0 Å². The Balaban J connectivity index is 1.97. The van der Waals surface area contributed by atoms with Crippen molar-refractivity contribution < 1.29 is 13.0 Å². The van der Waals surface area contributed by atoms with Crippen LogP contribution < -0.4 is 0 Å². The second-order valence-electron chi connectivity index (χ2n) is 10.3. The fourth-order valence-electron chi connectivity index (χ4n) is 7.09. The highest BCUT2D eigenvalue weighted by atomic mass is 32.2. The van der Waals surface area contributed by atoms with E-state index in [-0.39, 0.29) is 10.8 Å². The molecule has 0 aliphatic heterocycles. The molecule has 168 valence electrons. The van der Waals surface area contributed by atoms with Crippen LogP contribution >= 0.6 is 0 Å². The largest absolute Gasteiger partial charge is 0.295 e. The van der Waals surface area contributed by atoms with Gasteiger partial charge in [0.1, 0.15) is 4.90 Å². The van der Waals surface area contributed by atoms with Gasteiger partial charge in [-0.2, -0.15) is 8.42 Å². The number of benzene rings is 1. The van der Waals surface area contributed by atoms with Gasteiger partial charge in [-0.05, 0) is 97.9 Å². The molecule has 1 aromatic rings. The molecule has 0 aromatic heterocycles. The Bertz CT molecular complexity index is 853. The maximum atomic E-state index is 12.7. The molecule has 4 rings (SSSR count). The molecule has 3 fully saturated rings. The van der Waals surface area contributed by atoms with E-state index in [1.807, 2.05) is 6.92 Å². The molecule has 0 radical (unpaired) electrons. The minimum atomic E-state index is -4.24. The van der Waals surface area contributed by atoms with Crippen LogP contribution in [0.3, 0.4) is 0 Å². The molecule has 0 spiro atoms. The number of rotatable bonds is 4. The maximum absolute atomic E-state index is 12.7. The lowest BCUT2D eigenvalue weighted by Crippen LogP contribution is -2.22. The summed E-state index contributed by atoms with van der Waals surface area (Å²) in [6.45, 7) is 4.19. The number of hydrogen-bond acceptors (Lipinski definition) is 2. The van der Waals surface area contributed by atoms with Gasteiger partial charge < -0.3 is 0 Å². The molecule has 0 unspecified atom stereocenters. The standard InChI is InChI=1S/C26H40O3S/c1-18-23(20-12-6-3-7-13-20)24(21-14-8-4-9-15-21)19(2)26(30(27,28)29)25(18)22-16-10-5-11-17-22/h20-22H,3-17H2,1-2H3,(H,27,28,29).